The molecule has 0 spiro atoms. The Morgan fingerprint density at radius 2 is 0.889 bits per heavy atom. The van der Waals surface area contributed by atoms with Crippen LogP contribution in [0.3, 0.4) is 0 Å². The van der Waals surface area contributed by atoms with Crippen LogP contribution in [0.15, 0.2) is 48.5 Å². The molecule has 0 amide bonds. The number of benzene rings is 2. The van der Waals surface area contributed by atoms with Gasteiger partial charge in [-0.05, 0) is 38.1 Å². The predicted octanol–water partition coefficient (Wildman–Crippen LogP) is 2.79. The molecule has 2 nitrogen and oxygen atoms in total. The SMILES string of the molecule is Cc1ccc(C(=[OH+])C(=[OH+])c2ccc(C)cc2)cc1. The molecule has 2 rings (SSSR count). The summed E-state index contributed by atoms with van der Waals surface area (Å²) >= 11 is 0. The number of rotatable bonds is 3. The van der Waals surface area contributed by atoms with Crippen LogP contribution < -0.4 is 0 Å². The second-order valence-electron chi connectivity index (χ2n) is 4.43. The molecule has 0 aliphatic rings. The first-order valence-electron chi connectivity index (χ1n) is 5.84. The largest absolute Gasteiger partial charge is 0.449 e. The first-order valence-corrected chi connectivity index (χ1v) is 5.84. The molecule has 2 N–H and O–H groups in total. The number of ketones is 2. The Balaban J connectivity index is 2.26. The van der Waals surface area contributed by atoms with Gasteiger partial charge in [0.15, 0.2) is 0 Å². The first kappa shape index (κ1) is 12.2. The fourth-order valence-electron chi connectivity index (χ4n) is 1.70. The third-order valence-electron chi connectivity index (χ3n) is 2.87. The van der Waals surface area contributed by atoms with Crippen molar-refractivity contribution in [2.75, 3.05) is 0 Å². The molecule has 0 bridgehead atoms. The van der Waals surface area contributed by atoms with Crippen molar-refractivity contribution in [3.05, 3.63) is 70.8 Å². The summed E-state index contributed by atoms with van der Waals surface area (Å²) in [5.41, 5.74) is 3.44. The van der Waals surface area contributed by atoms with Crippen molar-refractivity contribution in [1.82, 2.24) is 0 Å². The van der Waals surface area contributed by atoms with Gasteiger partial charge in [0, 0.05) is 0 Å². The average molecular weight is 240 g/mol. The van der Waals surface area contributed by atoms with Crippen LogP contribution in [0.2, 0.25) is 0 Å². The number of hydrogen-bond donors (Lipinski definition) is 0. The molecule has 2 aromatic carbocycles. The standard InChI is InChI=1S/C16H14O2/c1-11-3-7-13(8-4-11)15(17)16(18)14-9-5-12(2)6-10-14/h3-10H,1-2H3/p+2. The maximum absolute atomic E-state index is 10.0. The Hall–Kier alpha value is -2.22. The molecule has 0 aliphatic carbocycles. The first-order chi connectivity index (χ1) is 8.58. The van der Waals surface area contributed by atoms with E-state index >= 15 is 0 Å². The molecule has 0 saturated carbocycles. The summed E-state index contributed by atoms with van der Waals surface area (Å²) in [4.78, 5) is 20.1. The normalized spacial score (nSPS) is 10.1. The third kappa shape index (κ3) is 2.54. The summed E-state index contributed by atoms with van der Waals surface area (Å²) < 4.78 is 0. The average Bonchev–Trinajstić information content (AvgIpc) is 2.39. The predicted molar refractivity (Wildman–Crippen MR) is 74.4 cm³/mol. The van der Waals surface area contributed by atoms with Crippen LogP contribution in [0.4, 0.5) is 0 Å². The highest BCUT2D eigenvalue weighted by Gasteiger charge is 2.31. The molecule has 18 heavy (non-hydrogen) atoms. The summed E-state index contributed by atoms with van der Waals surface area (Å²) in [6, 6.07) is 14.7. The quantitative estimate of drug-likeness (QED) is 0.450. The van der Waals surface area contributed by atoms with E-state index in [9.17, 15) is 9.59 Å². The van der Waals surface area contributed by atoms with Crippen molar-refractivity contribution in [2.45, 2.75) is 13.8 Å². The molecule has 90 valence electrons. The molecule has 0 heterocycles. The molecular weight excluding hydrogens is 224 g/mol. The van der Waals surface area contributed by atoms with Gasteiger partial charge >= 0.3 is 11.6 Å². The second-order valence-corrected chi connectivity index (χ2v) is 4.43. The van der Waals surface area contributed by atoms with Crippen LogP contribution in [-0.4, -0.2) is 21.2 Å². The maximum Gasteiger partial charge on any atom is 0.449 e. The molecular formula is C16H16O2+2. The smallest absolute Gasteiger partial charge is 0.263 e. The minimum atomic E-state index is -0.0983. The van der Waals surface area contributed by atoms with Crippen LogP contribution in [0, 0.1) is 13.8 Å². The van der Waals surface area contributed by atoms with Crippen molar-refractivity contribution in [3.63, 3.8) is 0 Å². The fraction of sp³-hybridized carbons (Fsp3) is 0.125. The Morgan fingerprint density at radius 1 is 0.611 bits per heavy atom. The molecule has 2 heteroatoms. The number of hydrogen-bond acceptors (Lipinski definition) is 0. The zero-order valence-electron chi connectivity index (χ0n) is 10.5. The molecule has 0 radical (unpaired) electrons. The van der Waals surface area contributed by atoms with Gasteiger partial charge < -0.3 is 0 Å². The molecule has 0 saturated heterocycles. The Kier molecular flexibility index (Phi) is 3.38. The Bertz CT molecular complexity index is 522. The summed E-state index contributed by atoms with van der Waals surface area (Å²) in [5, 5.41) is 0. The van der Waals surface area contributed by atoms with Crippen LogP contribution in [-0.2, 0) is 0 Å². The van der Waals surface area contributed by atoms with Crippen LogP contribution in [0.25, 0.3) is 0 Å². The number of carbonyl (C=O) groups excluding carboxylic acids is 2. The molecule has 2 aromatic rings. The van der Waals surface area contributed by atoms with Gasteiger partial charge in [-0.3, -0.25) is 9.59 Å². The molecule has 0 fully saturated rings. The van der Waals surface area contributed by atoms with Gasteiger partial charge in [0.1, 0.15) is 0 Å². The van der Waals surface area contributed by atoms with Crippen LogP contribution in [0.1, 0.15) is 22.3 Å². The fourth-order valence-corrected chi connectivity index (χ4v) is 1.70. The molecule has 0 aromatic heterocycles. The topological polar surface area (TPSA) is 42.8 Å². The van der Waals surface area contributed by atoms with Gasteiger partial charge in [0.2, 0.25) is 0 Å². The van der Waals surface area contributed by atoms with Crippen molar-refractivity contribution in [2.24, 2.45) is 0 Å². The highest BCUT2D eigenvalue weighted by molar-refractivity contribution is 6.49. The van der Waals surface area contributed by atoms with Crippen molar-refractivity contribution < 1.29 is 9.59 Å². The second kappa shape index (κ2) is 4.96. The van der Waals surface area contributed by atoms with E-state index in [-0.39, 0.29) is 11.6 Å². The van der Waals surface area contributed by atoms with Gasteiger partial charge in [-0.1, -0.05) is 35.4 Å². The monoisotopic (exact) mass is 240 g/mol. The van der Waals surface area contributed by atoms with E-state index in [2.05, 4.69) is 0 Å². The van der Waals surface area contributed by atoms with Gasteiger partial charge in [-0.2, -0.15) is 0 Å². The summed E-state index contributed by atoms with van der Waals surface area (Å²) in [6.07, 6.45) is 0. The number of aryl methyl sites for hydroxylation is 2. The van der Waals surface area contributed by atoms with E-state index in [1.165, 1.54) is 0 Å². The molecule has 0 atom stereocenters. The van der Waals surface area contributed by atoms with Crippen molar-refractivity contribution >= 4 is 11.6 Å². The van der Waals surface area contributed by atoms with Gasteiger partial charge in [0.25, 0.3) is 0 Å². The lowest BCUT2D eigenvalue weighted by Crippen LogP contribution is -2.17. The van der Waals surface area contributed by atoms with E-state index in [4.69, 9.17) is 0 Å². The highest BCUT2D eigenvalue weighted by Crippen LogP contribution is 2.09. The Morgan fingerprint density at radius 3 is 1.17 bits per heavy atom. The van der Waals surface area contributed by atoms with Crippen molar-refractivity contribution in [3.8, 4) is 0 Å². The van der Waals surface area contributed by atoms with Crippen LogP contribution in [0.5, 0.6) is 0 Å². The lowest BCUT2D eigenvalue weighted by Gasteiger charge is -1.95. The van der Waals surface area contributed by atoms with Gasteiger partial charge in [-0.15, -0.1) is 0 Å². The maximum atomic E-state index is 10.0. The molecule has 0 unspecified atom stereocenters. The summed E-state index contributed by atoms with van der Waals surface area (Å²) in [5.74, 6) is -0.197. The van der Waals surface area contributed by atoms with Gasteiger partial charge in [0.05, 0.1) is 11.1 Å². The lowest BCUT2D eigenvalue weighted by atomic mass is 10.00. The zero-order valence-corrected chi connectivity index (χ0v) is 10.5. The van der Waals surface area contributed by atoms with E-state index < -0.39 is 0 Å². The van der Waals surface area contributed by atoms with Crippen molar-refractivity contribution in [1.29, 1.82) is 0 Å². The summed E-state index contributed by atoms with van der Waals surface area (Å²) in [7, 11) is 0. The minimum Gasteiger partial charge on any atom is -0.263 e. The summed E-state index contributed by atoms with van der Waals surface area (Å²) in [6.45, 7) is 3.95. The molecule has 0 aliphatic heterocycles. The van der Waals surface area contributed by atoms with E-state index in [1.807, 2.05) is 38.1 Å². The van der Waals surface area contributed by atoms with Crippen LogP contribution >= 0.6 is 0 Å². The lowest BCUT2D eigenvalue weighted by molar-refractivity contribution is 0.652. The van der Waals surface area contributed by atoms with Gasteiger partial charge in [-0.25, -0.2) is 0 Å². The van der Waals surface area contributed by atoms with E-state index in [1.54, 1.807) is 24.3 Å². The minimum absolute atomic E-state index is 0.0983. The third-order valence-corrected chi connectivity index (χ3v) is 2.87. The Labute approximate surface area is 106 Å². The van der Waals surface area contributed by atoms with E-state index in [0.29, 0.717) is 11.1 Å². The highest BCUT2D eigenvalue weighted by atomic mass is 16.2. The zero-order chi connectivity index (χ0) is 13.1. The van der Waals surface area contributed by atoms with E-state index in [0.717, 1.165) is 11.1 Å².